The normalized spacial score (nSPS) is 11.6. The van der Waals surface area contributed by atoms with Crippen LogP contribution >= 0.6 is 11.8 Å². The van der Waals surface area contributed by atoms with E-state index in [9.17, 15) is 9.59 Å². The molecule has 1 amide bonds. The Kier molecular flexibility index (Phi) is 8.43. The highest BCUT2D eigenvalue weighted by atomic mass is 32.2. The molecular formula is C16H23NO4S. The van der Waals surface area contributed by atoms with Crippen LogP contribution in [0.2, 0.25) is 0 Å². The number of ether oxygens (including phenoxy) is 2. The van der Waals surface area contributed by atoms with Crippen LogP contribution < -0.4 is 10.1 Å². The van der Waals surface area contributed by atoms with Gasteiger partial charge in [0.1, 0.15) is 11.8 Å². The van der Waals surface area contributed by atoms with Gasteiger partial charge < -0.3 is 14.8 Å². The number of carbonyl (C=O) groups is 2. The average Bonchev–Trinajstić information content (AvgIpc) is 2.55. The van der Waals surface area contributed by atoms with Gasteiger partial charge in [-0.05, 0) is 37.0 Å². The molecule has 5 nitrogen and oxygen atoms in total. The second kappa shape index (κ2) is 10.1. The number of methoxy groups -OCH3 is 1. The molecule has 0 radical (unpaired) electrons. The zero-order valence-electron chi connectivity index (χ0n) is 13.3. The molecule has 1 aromatic rings. The number of benzene rings is 1. The van der Waals surface area contributed by atoms with E-state index in [0.29, 0.717) is 24.3 Å². The van der Waals surface area contributed by atoms with Crippen molar-refractivity contribution in [3.8, 4) is 5.75 Å². The Morgan fingerprint density at radius 3 is 2.68 bits per heavy atom. The lowest BCUT2D eigenvalue weighted by molar-refractivity contribution is -0.146. The smallest absolute Gasteiger partial charge is 0.328 e. The molecule has 0 fully saturated rings. The summed E-state index contributed by atoms with van der Waals surface area (Å²) < 4.78 is 10.3. The number of para-hydroxylation sites is 1. The highest BCUT2D eigenvalue weighted by Gasteiger charge is 2.23. The van der Waals surface area contributed by atoms with Gasteiger partial charge in [0.2, 0.25) is 0 Å². The maximum atomic E-state index is 12.4. The summed E-state index contributed by atoms with van der Waals surface area (Å²) in [5.74, 6) is 0.514. The molecule has 0 saturated heterocycles. The highest BCUT2D eigenvalue weighted by Crippen LogP contribution is 2.17. The Morgan fingerprint density at radius 1 is 1.32 bits per heavy atom. The van der Waals surface area contributed by atoms with E-state index in [2.05, 4.69) is 5.32 Å². The Morgan fingerprint density at radius 2 is 2.05 bits per heavy atom. The van der Waals surface area contributed by atoms with E-state index < -0.39 is 6.04 Å². The van der Waals surface area contributed by atoms with Crippen molar-refractivity contribution in [3.63, 3.8) is 0 Å². The molecule has 0 bridgehead atoms. The van der Waals surface area contributed by atoms with E-state index in [4.69, 9.17) is 9.47 Å². The summed E-state index contributed by atoms with van der Waals surface area (Å²) >= 11 is 1.62. The molecule has 0 unspecified atom stereocenters. The lowest BCUT2D eigenvalue weighted by Crippen LogP contribution is -2.42. The molecule has 1 N–H and O–H groups in total. The van der Waals surface area contributed by atoms with Gasteiger partial charge in [0.25, 0.3) is 5.91 Å². The first kappa shape index (κ1) is 18.4. The van der Waals surface area contributed by atoms with Crippen LogP contribution in [0.4, 0.5) is 0 Å². The Bertz CT molecular complexity index is 493. The molecular weight excluding hydrogens is 302 g/mol. The van der Waals surface area contributed by atoms with Crippen molar-refractivity contribution in [2.75, 3.05) is 25.7 Å². The zero-order chi connectivity index (χ0) is 16.4. The van der Waals surface area contributed by atoms with Gasteiger partial charge in [-0.1, -0.05) is 19.1 Å². The van der Waals surface area contributed by atoms with Crippen molar-refractivity contribution in [1.29, 1.82) is 0 Å². The predicted octanol–water partition coefficient (Wildman–Crippen LogP) is 2.50. The van der Waals surface area contributed by atoms with Crippen LogP contribution in [-0.2, 0) is 9.53 Å². The number of thioether (sulfide) groups is 1. The zero-order valence-corrected chi connectivity index (χ0v) is 14.1. The van der Waals surface area contributed by atoms with Crippen molar-refractivity contribution >= 4 is 23.6 Å². The standard InChI is InChI=1S/C16H23NO4S/c1-4-10-21-16(19)13(9-11-22-3)17-15(18)12-7-5-6-8-14(12)20-2/h5-8,13H,4,9-11H2,1-3H3,(H,17,18)/t13-/m0/s1. The van der Waals surface area contributed by atoms with Crippen LogP contribution in [-0.4, -0.2) is 43.6 Å². The van der Waals surface area contributed by atoms with Gasteiger partial charge in [0.05, 0.1) is 19.3 Å². The fourth-order valence-corrected chi connectivity index (χ4v) is 2.33. The van der Waals surface area contributed by atoms with Crippen molar-refractivity contribution in [2.24, 2.45) is 0 Å². The quantitative estimate of drug-likeness (QED) is 0.707. The number of hydrogen-bond acceptors (Lipinski definition) is 5. The van der Waals surface area contributed by atoms with Gasteiger partial charge in [-0.25, -0.2) is 4.79 Å². The van der Waals surface area contributed by atoms with E-state index in [1.807, 2.05) is 13.2 Å². The molecule has 22 heavy (non-hydrogen) atoms. The third-order valence-electron chi connectivity index (χ3n) is 3.00. The summed E-state index contributed by atoms with van der Waals surface area (Å²) in [5, 5.41) is 2.74. The minimum Gasteiger partial charge on any atom is -0.496 e. The van der Waals surface area contributed by atoms with Crippen LogP contribution in [0.3, 0.4) is 0 Å². The van der Waals surface area contributed by atoms with Crippen LogP contribution in [0.15, 0.2) is 24.3 Å². The van der Waals surface area contributed by atoms with Gasteiger partial charge >= 0.3 is 5.97 Å². The van der Waals surface area contributed by atoms with Crippen LogP contribution in [0.25, 0.3) is 0 Å². The van der Waals surface area contributed by atoms with Crippen molar-refractivity contribution in [2.45, 2.75) is 25.8 Å². The molecule has 0 aliphatic rings. The Labute approximate surface area is 135 Å². The first-order valence-electron chi connectivity index (χ1n) is 7.23. The van der Waals surface area contributed by atoms with Gasteiger partial charge in [0.15, 0.2) is 0 Å². The van der Waals surface area contributed by atoms with E-state index in [0.717, 1.165) is 12.2 Å². The maximum absolute atomic E-state index is 12.4. The fraction of sp³-hybridized carbons (Fsp3) is 0.500. The third kappa shape index (κ3) is 5.60. The summed E-state index contributed by atoms with van der Waals surface area (Å²) in [7, 11) is 1.51. The molecule has 1 aromatic carbocycles. The molecule has 122 valence electrons. The molecule has 0 saturated carbocycles. The van der Waals surface area contributed by atoms with E-state index in [-0.39, 0.29) is 11.9 Å². The van der Waals surface area contributed by atoms with Crippen molar-refractivity contribution in [3.05, 3.63) is 29.8 Å². The minimum absolute atomic E-state index is 0.336. The minimum atomic E-state index is -0.642. The molecule has 1 atom stereocenters. The second-order valence-corrected chi connectivity index (χ2v) is 5.66. The van der Waals surface area contributed by atoms with E-state index in [1.54, 1.807) is 36.0 Å². The number of amides is 1. The molecule has 1 rings (SSSR count). The Hall–Kier alpha value is -1.69. The number of rotatable bonds is 9. The molecule has 0 aliphatic heterocycles. The van der Waals surface area contributed by atoms with Crippen molar-refractivity contribution < 1.29 is 19.1 Å². The van der Waals surface area contributed by atoms with E-state index >= 15 is 0 Å². The third-order valence-corrected chi connectivity index (χ3v) is 3.64. The first-order valence-corrected chi connectivity index (χ1v) is 8.62. The molecule has 0 heterocycles. The number of esters is 1. The van der Waals surface area contributed by atoms with Crippen LogP contribution in [0.1, 0.15) is 30.1 Å². The predicted molar refractivity (Wildman–Crippen MR) is 88.5 cm³/mol. The first-order chi connectivity index (χ1) is 10.6. The SMILES string of the molecule is CCCOC(=O)[C@H](CCSC)NC(=O)c1ccccc1OC. The van der Waals surface area contributed by atoms with Crippen LogP contribution in [0.5, 0.6) is 5.75 Å². The summed E-state index contributed by atoms with van der Waals surface area (Å²) in [6.45, 7) is 2.29. The van der Waals surface area contributed by atoms with Gasteiger partial charge in [0, 0.05) is 0 Å². The molecule has 0 spiro atoms. The van der Waals surface area contributed by atoms with Gasteiger partial charge in [-0.3, -0.25) is 4.79 Å². The number of carbonyl (C=O) groups excluding carboxylic acids is 2. The van der Waals surface area contributed by atoms with E-state index in [1.165, 1.54) is 7.11 Å². The largest absolute Gasteiger partial charge is 0.496 e. The number of nitrogens with one attached hydrogen (secondary N) is 1. The maximum Gasteiger partial charge on any atom is 0.328 e. The summed E-state index contributed by atoms with van der Waals surface area (Å²) in [4.78, 5) is 24.4. The lowest BCUT2D eigenvalue weighted by Gasteiger charge is -2.18. The monoisotopic (exact) mass is 325 g/mol. The highest BCUT2D eigenvalue weighted by molar-refractivity contribution is 7.98. The lowest BCUT2D eigenvalue weighted by atomic mass is 10.1. The van der Waals surface area contributed by atoms with Crippen molar-refractivity contribution in [1.82, 2.24) is 5.32 Å². The summed E-state index contributed by atoms with van der Waals surface area (Å²) in [6.07, 6.45) is 3.24. The Balaban J connectivity index is 2.79. The molecule has 0 aliphatic carbocycles. The average molecular weight is 325 g/mol. The topological polar surface area (TPSA) is 64.6 Å². The fourth-order valence-electron chi connectivity index (χ4n) is 1.86. The second-order valence-electron chi connectivity index (χ2n) is 4.68. The summed E-state index contributed by atoms with van der Waals surface area (Å²) in [6, 6.07) is 6.27. The molecule has 6 heteroatoms. The van der Waals surface area contributed by atoms with Gasteiger partial charge in [-0.2, -0.15) is 11.8 Å². The van der Waals surface area contributed by atoms with Crippen LogP contribution in [0, 0.1) is 0 Å². The summed E-state index contributed by atoms with van der Waals surface area (Å²) in [5.41, 5.74) is 0.405. The number of hydrogen-bond donors (Lipinski definition) is 1. The van der Waals surface area contributed by atoms with Gasteiger partial charge in [-0.15, -0.1) is 0 Å². The molecule has 0 aromatic heterocycles.